The van der Waals surface area contributed by atoms with Gasteiger partial charge in [0.25, 0.3) is 0 Å². The van der Waals surface area contributed by atoms with E-state index in [2.05, 4.69) is 5.32 Å². The van der Waals surface area contributed by atoms with Crippen LogP contribution in [0, 0.1) is 5.41 Å². The zero-order chi connectivity index (χ0) is 24.5. The summed E-state index contributed by atoms with van der Waals surface area (Å²) in [4.78, 5) is 39.4. The first-order valence-electron chi connectivity index (χ1n) is 10.5. The summed E-state index contributed by atoms with van der Waals surface area (Å²) in [5.41, 5.74) is 3.21. The SMILES string of the molecule is COc1ccc([C@]2(O)C[C@@H](C(N)=O)N(C(=O)C(NC(=O)OC(C)(C)C)C(C)(C)C)C2)cc1. The molecule has 1 aliphatic rings. The average molecular weight is 450 g/mol. The molecule has 2 rings (SSSR count). The van der Waals surface area contributed by atoms with Gasteiger partial charge in [0, 0.05) is 6.42 Å². The smallest absolute Gasteiger partial charge is 0.408 e. The maximum absolute atomic E-state index is 13.5. The van der Waals surface area contributed by atoms with E-state index in [4.69, 9.17) is 15.2 Å². The van der Waals surface area contributed by atoms with Crippen molar-refractivity contribution in [2.24, 2.45) is 11.1 Å². The number of amides is 3. The summed E-state index contributed by atoms with van der Waals surface area (Å²) in [6.45, 7) is 10.4. The van der Waals surface area contributed by atoms with Gasteiger partial charge in [-0.15, -0.1) is 0 Å². The molecule has 1 fully saturated rings. The zero-order valence-electron chi connectivity index (χ0n) is 19.9. The molecule has 9 heteroatoms. The van der Waals surface area contributed by atoms with E-state index < -0.39 is 46.6 Å². The van der Waals surface area contributed by atoms with Crippen molar-refractivity contribution in [3.05, 3.63) is 29.8 Å². The van der Waals surface area contributed by atoms with E-state index in [1.54, 1.807) is 65.8 Å². The van der Waals surface area contributed by atoms with Crippen molar-refractivity contribution >= 4 is 17.9 Å². The lowest BCUT2D eigenvalue weighted by atomic mass is 9.85. The van der Waals surface area contributed by atoms with Crippen molar-refractivity contribution in [1.82, 2.24) is 10.2 Å². The van der Waals surface area contributed by atoms with Gasteiger partial charge in [-0.1, -0.05) is 32.9 Å². The number of carbonyl (C=O) groups is 3. The Morgan fingerprint density at radius 1 is 1.16 bits per heavy atom. The Bertz CT molecular complexity index is 856. The second-order valence-corrected chi connectivity index (χ2v) is 10.3. The molecule has 0 radical (unpaired) electrons. The van der Waals surface area contributed by atoms with Crippen LogP contribution < -0.4 is 15.8 Å². The van der Waals surface area contributed by atoms with Gasteiger partial charge in [-0.3, -0.25) is 9.59 Å². The first-order valence-corrected chi connectivity index (χ1v) is 10.5. The van der Waals surface area contributed by atoms with Gasteiger partial charge in [-0.2, -0.15) is 0 Å². The summed E-state index contributed by atoms with van der Waals surface area (Å²) in [7, 11) is 1.53. The maximum atomic E-state index is 13.5. The standard InChI is InChI=1S/C23H35N3O6/c1-21(2,3)17(25-20(29)32-22(4,5)6)19(28)26-13-23(30,12-16(26)18(24)27)14-8-10-15(31-7)11-9-14/h8-11,16-17,30H,12-13H2,1-7H3,(H2,24,27)(H,25,29)/t16-,17?,23-/m0/s1. The van der Waals surface area contributed by atoms with Gasteiger partial charge in [0.1, 0.15) is 29.0 Å². The number of nitrogens with zero attached hydrogens (tertiary/aromatic N) is 1. The van der Waals surface area contributed by atoms with Crippen molar-refractivity contribution in [1.29, 1.82) is 0 Å². The number of alkyl carbamates (subject to hydrolysis) is 1. The zero-order valence-corrected chi connectivity index (χ0v) is 19.9. The van der Waals surface area contributed by atoms with E-state index in [1.165, 1.54) is 12.0 Å². The molecule has 1 heterocycles. The lowest BCUT2D eigenvalue weighted by Crippen LogP contribution is -2.58. The van der Waals surface area contributed by atoms with Crippen LogP contribution in [-0.2, 0) is 19.9 Å². The first kappa shape index (κ1) is 25.5. The highest BCUT2D eigenvalue weighted by Gasteiger charge is 2.51. The second kappa shape index (κ2) is 8.97. The summed E-state index contributed by atoms with van der Waals surface area (Å²) in [6, 6.07) is 4.73. The van der Waals surface area contributed by atoms with E-state index in [-0.39, 0.29) is 13.0 Å². The van der Waals surface area contributed by atoms with Crippen LogP contribution in [0.4, 0.5) is 4.79 Å². The number of nitrogens with two attached hydrogens (primary N) is 1. The van der Waals surface area contributed by atoms with Crippen LogP contribution in [0.25, 0.3) is 0 Å². The molecule has 1 aliphatic heterocycles. The third-order valence-corrected chi connectivity index (χ3v) is 5.35. The molecule has 0 saturated carbocycles. The number of hydrogen-bond acceptors (Lipinski definition) is 6. The summed E-state index contributed by atoms with van der Waals surface area (Å²) < 4.78 is 10.5. The number of methoxy groups -OCH3 is 1. The Hall–Kier alpha value is -2.81. The minimum Gasteiger partial charge on any atom is -0.497 e. The number of benzene rings is 1. The van der Waals surface area contributed by atoms with Crippen LogP contribution in [0.5, 0.6) is 5.75 Å². The van der Waals surface area contributed by atoms with Crippen molar-refractivity contribution in [2.45, 2.75) is 71.2 Å². The highest BCUT2D eigenvalue weighted by atomic mass is 16.6. The Balaban J connectivity index is 2.34. The first-order chi connectivity index (χ1) is 14.6. The van der Waals surface area contributed by atoms with Gasteiger partial charge in [0.05, 0.1) is 13.7 Å². The molecule has 3 atom stereocenters. The molecule has 0 bridgehead atoms. The van der Waals surface area contributed by atoms with Crippen LogP contribution >= 0.6 is 0 Å². The Kier molecular flexibility index (Phi) is 7.14. The molecule has 1 aromatic carbocycles. The molecule has 0 spiro atoms. The highest BCUT2D eigenvalue weighted by molar-refractivity contribution is 5.92. The number of nitrogens with one attached hydrogen (secondary N) is 1. The normalized spacial score (nSPS) is 22.2. The van der Waals surface area contributed by atoms with E-state index >= 15 is 0 Å². The maximum Gasteiger partial charge on any atom is 0.408 e. The molecule has 1 aromatic rings. The summed E-state index contributed by atoms with van der Waals surface area (Å²) in [5, 5.41) is 14.0. The molecule has 32 heavy (non-hydrogen) atoms. The van der Waals surface area contributed by atoms with E-state index in [9.17, 15) is 19.5 Å². The summed E-state index contributed by atoms with van der Waals surface area (Å²) in [6.07, 6.45) is -0.796. The molecule has 1 saturated heterocycles. The van der Waals surface area contributed by atoms with Crippen LogP contribution in [0.2, 0.25) is 0 Å². The van der Waals surface area contributed by atoms with Gasteiger partial charge in [-0.05, 0) is 43.9 Å². The number of β-amino-alcohol motifs (C(OH)–C–C–N with tert-alkyl or cyclic N) is 1. The van der Waals surface area contributed by atoms with Crippen molar-refractivity contribution in [2.75, 3.05) is 13.7 Å². The van der Waals surface area contributed by atoms with Gasteiger partial charge in [0.15, 0.2) is 0 Å². The summed E-state index contributed by atoms with van der Waals surface area (Å²) >= 11 is 0. The fourth-order valence-electron chi connectivity index (χ4n) is 3.72. The third-order valence-electron chi connectivity index (χ3n) is 5.35. The Labute approximate surface area is 189 Å². The van der Waals surface area contributed by atoms with Crippen molar-refractivity contribution < 1.29 is 29.0 Å². The molecule has 1 unspecified atom stereocenters. The second-order valence-electron chi connectivity index (χ2n) is 10.3. The van der Waals surface area contributed by atoms with Crippen molar-refractivity contribution in [3.8, 4) is 5.75 Å². The minimum atomic E-state index is -1.48. The number of likely N-dealkylation sites (tertiary alicyclic amines) is 1. The Morgan fingerprint density at radius 2 is 1.72 bits per heavy atom. The van der Waals surface area contributed by atoms with E-state index in [0.717, 1.165) is 0 Å². The minimum absolute atomic E-state index is 0.0519. The molecule has 0 aliphatic carbocycles. The predicted molar refractivity (Wildman–Crippen MR) is 119 cm³/mol. The number of ether oxygens (including phenoxy) is 2. The quantitative estimate of drug-likeness (QED) is 0.629. The number of primary amides is 1. The lowest BCUT2D eigenvalue weighted by Gasteiger charge is -2.35. The fraction of sp³-hybridized carbons (Fsp3) is 0.609. The lowest BCUT2D eigenvalue weighted by molar-refractivity contribution is -0.141. The van der Waals surface area contributed by atoms with Crippen LogP contribution in [0.1, 0.15) is 53.5 Å². The number of rotatable bonds is 5. The average Bonchev–Trinajstić information content (AvgIpc) is 3.03. The van der Waals surface area contributed by atoms with Crippen LogP contribution in [0.15, 0.2) is 24.3 Å². The topological polar surface area (TPSA) is 131 Å². The fourth-order valence-corrected chi connectivity index (χ4v) is 3.72. The van der Waals surface area contributed by atoms with Gasteiger partial charge in [0.2, 0.25) is 11.8 Å². The van der Waals surface area contributed by atoms with Crippen LogP contribution in [-0.4, -0.2) is 59.3 Å². The number of carbonyl (C=O) groups excluding carboxylic acids is 3. The molecular weight excluding hydrogens is 414 g/mol. The van der Waals surface area contributed by atoms with Crippen molar-refractivity contribution in [3.63, 3.8) is 0 Å². The molecule has 9 nitrogen and oxygen atoms in total. The third kappa shape index (κ3) is 5.91. The number of aliphatic hydroxyl groups is 1. The van der Waals surface area contributed by atoms with Gasteiger partial charge in [-0.25, -0.2) is 4.79 Å². The largest absolute Gasteiger partial charge is 0.497 e. The Morgan fingerprint density at radius 3 is 2.16 bits per heavy atom. The van der Waals surface area contributed by atoms with E-state index in [1.807, 2.05) is 0 Å². The van der Waals surface area contributed by atoms with Gasteiger partial charge < -0.3 is 30.5 Å². The molecule has 0 aromatic heterocycles. The predicted octanol–water partition coefficient (Wildman–Crippen LogP) is 1.91. The molecule has 178 valence electrons. The molecule has 3 amide bonds. The van der Waals surface area contributed by atoms with Crippen LogP contribution in [0.3, 0.4) is 0 Å². The number of hydrogen-bond donors (Lipinski definition) is 3. The van der Waals surface area contributed by atoms with Gasteiger partial charge >= 0.3 is 6.09 Å². The molecular formula is C23H35N3O6. The van der Waals surface area contributed by atoms with E-state index in [0.29, 0.717) is 11.3 Å². The highest BCUT2D eigenvalue weighted by Crippen LogP contribution is 2.38. The molecule has 4 N–H and O–H groups in total. The monoisotopic (exact) mass is 449 g/mol. The summed E-state index contributed by atoms with van der Waals surface area (Å²) in [5.74, 6) is -0.631.